The SMILES string of the molecule is Cc1cc(Br)cc(C)c1NC(=O)CCC1=CC=C(F)CC1C. The number of halogens is 2. The number of carbonyl (C=O) groups is 1. The lowest BCUT2D eigenvalue weighted by molar-refractivity contribution is -0.116. The van der Waals surface area contributed by atoms with Gasteiger partial charge in [0.05, 0.1) is 0 Å². The van der Waals surface area contributed by atoms with Gasteiger partial charge in [0.25, 0.3) is 0 Å². The Labute approximate surface area is 139 Å². The highest BCUT2D eigenvalue weighted by Crippen LogP contribution is 2.29. The van der Waals surface area contributed by atoms with E-state index in [1.807, 2.05) is 39.0 Å². The number of nitrogens with one attached hydrogen (secondary N) is 1. The first-order valence-corrected chi connectivity index (χ1v) is 8.28. The number of carbonyl (C=O) groups excluding carboxylic acids is 1. The molecule has 2 nitrogen and oxygen atoms in total. The second-order valence-electron chi connectivity index (χ2n) is 5.92. The first kappa shape index (κ1) is 16.9. The zero-order valence-electron chi connectivity index (χ0n) is 13.2. The van der Waals surface area contributed by atoms with Gasteiger partial charge in [0, 0.05) is 23.0 Å². The first-order chi connectivity index (χ1) is 10.4. The summed E-state index contributed by atoms with van der Waals surface area (Å²) in [7, 11) is 0. The van der Waals surface area contributed by atoms with Crippen molar-refractivity contribution in [2.24, 2.45) is 5.92 Å². The fourth-order valence-electron chi connectivity index (χ4n) is 2.75. The standard InChI is InChI=1S/C18H21BrFNO/c1-11-10-16(20)6-4-14(11)5-7-17(22)21-18-12(2)8-15(19)9-13(18)3/h4,6,8-9,11H,5,7,10H2,1-3H3,(H,21,22). The molecule has 118 valence electrons. The highest BCUT2D eigenvalue weighted by Gasteiger charge is 2.16. The molecule has 1 aromatic rings. The maximum Gasteiger partial charge on any atom is 0.224 e. The van der Waals surface area contributed by atoms with Crippen molar-refractivity contribution < 1.29 is 9.18 Å². The molecule has 0 heterocycles. The van der Waals surface area contributed by atoms with E-state index in [1.165, 1.54) is 6.08 Å². The number of hydrogen-bond donors (Lipinski definition) is 1. The van der Waals surface area contributed by atoms with Crippen molar-refractivity contribution in [3.63, 3.8) is 0 Å². The number of anilines is 1. The smallest absolute Gasteiger partial charge is 0.224 e. The third kappa shape index (κ3) is 4.29. The molecule has 1 amide bonds. The van der Waals surface area contributed by atoms with Crippen molar-refractivity contribution in [1.82, 2.24) is 0 Å². The lowest BCUT2D eigenvalue weighted by atomic mass is 9.89. The maximum absolute atomic E-state index is 13.1. The normalized spacial score (nSPS) is 17.8. The van der Waals surface area contributed by atoms with Crippen molar-refractivity contribution in [3.8, 4) is 0 Å². The average molecular weight is 366 g/mol. The summed E-state index contributed by atoms with van der Waals surface area (Å²) in [5, 5.41) is 2.99. The predicted octanol–water partition coefficient (Wildman–Crippen LogP) is 5.60. The van der Waals surface area contributed by atoms with Gasteiger partial charge in [-0.2, -0.15) is 0 Å². The molecule has 0 radical (unpaired) electrons. The fourth-order valence-corrected chi connectivity index (χ4v) is 3.44. The monoisotopic (exact) mass is 365 g/mol. The summed E-state index contributed by atoms with van der Waals surface area (Å²) in [6.45, 7) is 5.96. The van der Waals surface area contributed by atoms with Crippen molar-refractivity contribution in [1.29, 1.82) is 0 Å². The van der Waals surface area contributed by atoms with E-state index in [1.54, 1.807) is 0 Å². The molecule has 0 spiro atoms. The Morgan fingerprint density at radius 3 is 2.55 bits per heavy atom. The molecule has 0 fully saturated rings. The molecule has 1 unspecified atom stereocenters. The first-order valence-electron chi connectivity index (χ1n) is 7.48. The van der Waals surface area contributed by atoms with E-state index in [0.717, 1.165) is 26.9 Å². The predicted molar refractivity (Wildman–Crippen MR) is 92.5 cm³/mol. The molecule has 1 atom stereocenters. The largest absolute Gasteiger partial charge is 0.326 e. The van der Waals surface area contributed by atoms with Gasteiger partial charge in [-0.1, -0.05) is 34.5 Å². The zero-order chi connectivity index (χ0) is 16.3. The van der Waals surface area contributed by atoms with Crippen LogP contribution in [0.4, 0.5) is 10.1 Å². The molecule has 0 aromatic heterocycles. The molecule has 1 aliphatic carbocycles. The van der Waals surface area contributed by atoms with Crippen molar-refractivity contribution >= 4 is 27.5 Å². The van der Waals surface area contributed by atoms with E-state index in [-0.39, 0.29) is 17.7 Å². The fraction of sp³-hybridized carbons (Fsp3) is 0.389. The van der Waals surface area contributed by atoms with Crippen LogP contribution in [0.3, 0.4) is 0 Å². The molecule has 22 heavy (non-hydrogen) atoms. The Hall–Kier alpha value is -1.42. The Morgan fingerprint density at radius 1 is 1.32 bits per heavy atom. The van der Waals surface area contributed by atoms with Crippen LogP contribution >= 0.6 is 15.9 Å². The van der Waals surface area contributed by atoms with E-state index >= 15 is 0 Å². The number of amides is 1. The molecule has 0 saturated carbocycles. The highest BCUT2D eigenvalue weighted by atomic mass is 79.9. The molecular weight excluding hydrogens is 345 g/mol. The Morgan fingerprint density at radius 2 is 1.95 bits per heavy atom. The Balaban J connectivity index is 1.97. The summed E-state index contributed by atoms with van der Waals surface area (Å²) in [5.74, 6) is 0.0902. The van der Waals surface area contributed by atoms with Crippen molar-refractivity contribution in [2.45, 2.75) is 40.0 Å². The highest BCUT2D eigenvalue weighted by molar-refractivity contribution is 9.10. The van der Waals surface area contributed by atoms with Crippen molar-refractivity contribution in [3.05, 3.63) is 51.3 Å². The van der Waals surface area contributed by atoms with Crippen LogP contribution in [-0.2, 0) is 4.79 Å². The number of benzene rings is 1. The number of hydrogen-bond acceptors (Lipinski definition) is 1. The van der Waals surface area contributed by atoms with Gasteiger partial charge in [0.15, 0.2) is 0 Å². The molecule has 0 aliphatic heterocycles. The van der Waals surface area contributed by atoms with Crippen LogP contribution in [0.5, 0.6) is 0 Å². The maximum atomic E-state index is 13.1. The van der Waals surface area contributed by atoms with Gasteiger partial charge in [0.2, 0.25) is 5.91 Å². The van der Waals surface area contributed by atoms with Crippen LogP contribution in [0.25, 0.3) is 0 Å². The van der Waals surface area contributed by atoms with Crippen LogP contribution in [-0.4, -0.2) is 5.91 Å². The number of rotatable bonds is 4. The van der Waals surface area contributed by atoms with Gasteiger partial charge in [-0.3, -0.25) is 4.79 Å². The van der Waals surface area contributed by atoms with E-state index in [2.05, 4.69) is 21.2 Å². The van der Waals surface area contributed by atoms with Crippen LogP contribution in [0.15, 0.2) is 40.2 Å². The molecule has 4 heteroatoms. The summed E-state index contributed by atoms with van der Waals surface area (Å²) in [4.78, 5) is 12.2. The van der Waals surface area contributed by atoms with Gasteiger partial charge in [-0.15, -0.1) is 0 Å². The number of allylic oxidation sites excluding steroid dienone is 4. The summed E-state index contributed by atoms with van der Waals surface area (Å²) >= 11 is 3.45. The van der Waals surface area contributed by atoms with Crippen LogP contribution in [0, 0.1) is 19.8 Å². The van der Waals surface area contributed by atoms with Gasteiger partial charge in [0.1, 0.15) is 5.83 Å². The molecule has 0 bridgehead atoms. The lowest BCUT2D eigenvalue weighted by Crippen LogP contribution is -2.15. The topological polar surface area (TPSA) is 29.1 Å². The van der Waals surface area contributed by atoms with E-state index in [9.17, 15) is 9.18 Å². The minimum atomic E-state index is -0.0817. The van der Waals surface area contributed by atoms with Crippen LogP contribution in [0.1, 0.15) is 37.3 Å². The third-order valence-corrected chi connectivity index (χ3v) is 4.47. The van der Waals surface area contributed by atoms with E-state index in [4.69, 9.17) is 0 Å². The second-order valence-corrected chi connectivity index (χ2v) is 6.84. The summed E-state index contributed by atoms with van der Waals surface area (Å²) in [6, 6.07) is 3.98. The van der Waals surface area contributed by atoms with Gasteiger partial charge in [-0.05, 0) is 55.5 Å². The molecule has 1 N–H and O–H groups in total. The Bertz CT molecular complexity index is 625. The zero-order valence-corrected chi connectivity index (χ0v) is 14.8. The van der Waals surface area contributed by atoms with Crippen LogP contribution < -0.4 is 5.32 Å². The molecule has 1 aromatic carbocycles. The van der Waals surface area contributed by atoms with Gasteiger partial charge >= 0.3 is 0 Å². The van der Waals surface area contributed by atoms with E-state index < -0.39 is 0 Å². The third-order valence-electron chi connectivity index (χ3n) is 4.02. The minimum absolute atomic E-state index is 0.00310. The van der Waals surface area contributed by atoms with Gasteiger partial charge < -0.3 is 5.32 Å². The Kier molecular flexibility index (Phi) is 5.57. The van der Waals surface area contributed by atoms with Gasteiger partial charge in [-0.25, -0.2) is 4.39 Å². The quantitative estimate of drug-likeness (QED) is 0.738. The molecule has 1 aliphatic rings. The van der Waals surface area contributed by atoms with Crippen LogP contribution in [0.2, 0.25) is 0 Å². The molecule has 0 saturated heterocycles. The summed E-state index contributed by atoms with van der Waals surface area (Å²) in [5.41, 5.74) is 4.09. The lowest BCUT2D eigenvalue weighted by Gasteiger charge is -2.18. The average Bonchev–Trinajstić information content (AvgIpc) is 2.42. The molecular formula is C18H21BrFNO. The summed E-state index contributed by atoms with van der Waals surface area (Å²) < 4.78 is 14.2. The second kappa shape index (κ2) is 7.23. The van der Waals surface area contributed by atoms with E-state index in [0.29, 0.717) is 19.3 Å². The number of aryl methyl sites for hydroxylation is 2. The minimum Gasteiger partial charge on any atom is -0.326 e. The summed E-state index contributed by atoms with van der Waals surface area (Å²) in [6.07, 6.45) is 4.85. The van der Waals surface area contributed by atoms with Crippen molar-refractivity contribution in [2.75, 3.05) is 5.32 Å². The molecule has 2 rings (SSSR count).